The van der Waals surface area contributed by atoms with E-state index in [1.165, 1.54) is 18.2 Å². The second-order valence-corrected chi connectivity index (χ2v) is 5.34. The fraction of sp³-hybridized carbons (Fsp3) is 0.267. The summed E-state index contributed by atoms with van der Waals surface area (Å²) in [6.45, 7) is -0.388. The van der Waals surface area contributed by atoms with Gasteiger partial charge in [-0.3, -0.25) is 29.4 Å². The van der Waals surface area contributed by atoms with Gasteiger partial charge in [0.15, 0.2) is 0 Å². The molecule has 2 aliphatic heterocycles. The molecule has 24 heavy (non-hydrogen) atoms. The maximum Gasteiger partial charge on any atom is 0.506 e. The van der Waals surface area contributed by atoms with Gasteiger partial charge in [-0.25, -0.2) is 4.79 Å². The Bertz CT molecular complexity index is 786. The fourth-order valence-electron chi connectivity index (χ4n) is 2.84. The second kappa shape index (κ2) is 5.76. The van der Waals surface area contributed by atoms with Gasteiger partial charge in [-0.15, -0.1) is 0 Å². The molecular formula is C15H12N2O7. The normalized spacial score (nSPS) is 20.0. The molecule has 124 valence electrons. The zero-order valence-corrected chi connectivity index (χ0v) is 12.3. The van der Waals surface area contributed by atoms with Crippen molar-refractivity contribution in [3.63, 3.8) is 0 Å². The molecule has 9 nitrogen and oxygen atoms in total. The van der Waals surface area contributed by atoms with Gasteiger partial charge in [-0.05, 0) is 12.5 Å². The van der Waals surface area contributed by atoms with E-state index in [4.69, 9.17) is 5.11 Å². The van der Waals surface area contributed by atoms with Crippen molar-refractivity contribution in [2.45, 2.75) is 25.5 Å². The molecule has 1 atom stereocenters. The van der Waals surface area contributed by atoms with E-state index in [2.05, 4.69) is 10.1 Å². The van der Waals surface area contributed by atoms with E-state index in [9.17, 15) is 24.0 Å². The van der Waals surface area contributed by atoms with Crippen molar-refractivity contribution in [1.29, 1.82) is 0 Å². The number of hydrogen-bond acceptors (Lipinski definition) is 6. The monoisotopic (exact) mass is 332 g/mol. The van der Waals surface area contributed by atoms with Crippen LogP contribution >= 0.6 is 0 Å². The zero-order valence-electron chi connectivity index (χ0n) is 12.3. The van der Waals surface area contributed by atoms with Crippen molar-refractivity contribution in [2.24, 2.45) is 0 Å². The molecule has 9 heteroatoms. The lowest BCUT2D eigenvalue weighted by molar-refractivity contribution is -0.136. The molecule has 0 bridgehead atoms. The number of rotatable bonds is 3. The molecule has 0 aliphatic carbocycles. The Morgan fingerprint density at radius 2 is 2.00 bits per heavy atom. The third-order valence-corrected chi connectivity index (χ3v) is 3.91. The van der Waals surface area contributed by atoms with E-state index in [1.54, 1.807) is 0 Å². The summed E-state index contributed by atoms with van der Waals surface area (Å²) in [5.41, 5.74) is 0.340. The van der Waals surface area contributed by atoms with Crippen molar-refractivity contribution in [1.82, 2.24) is 10.2 Å². The lowest BCUT2D eigenvalue weighted by Crippen LogP contribution is -2.54. The third kappa shape index (κ3) is 2.49. The standard InChI is InChI=1S/C15H12N2O7/c18-10-5-4-9(12(19)16-10)17-13(20)8-3-1-2-7(6-24-15(22)23)11(8)14(17)21/h1-3,9H,4-6H2,(H,22,23)(H,16,18,19). The summed E-state index contributed by atoms with van der Waals surface area (Å²) in [5, 5.41) is 10.7. The number of nitrogens with one attached hydrogen (secondary N) is 1. The molecule has 4 amide bonds. The summed E-state index contributed by atoms with van der Waals surface area (Å²) in [4.78, 5) is 59.7. The van der Waals surface area contributed by atoms with Crippen LogP contribution in [0.2, 0.25) is 0 Å². The van der Waals surface area contributed by atoms with Crippen molar-refractivity contribution in [3.8, 4) is 0 Å². The Balaban J connectivity index is 1.94. The van der Waals surface area contributed by atoms with Gasteiger partial charge < -0.3 is 9.84 Å². The molecule has 1 fully saturated rings. The average Bonchev–Trinajstić information content (AvgIpc) is 2.78. The van der Waals surface area contributed by atoms with Crippen LogP contribution in [0, 0.1) is 0 Å². The van der Waals surface area contributed by atoms with E-state index < -0.39 is 35.8 Å². The molecule has 0 aromatic heterocycles. The van der Waals surface area contributed by atoms with E-state index in [0.717, 1.165) is 4.90 Å². The highest BCUT2D eigenvalue weighted by Gasteiger charge is 2.45. The largest absolute Gasteiger partial charge is 0.506 e. The zero-order chi connectivity index (χ0) is 17.4. The van der Waals surface area contributed by atoms with Gasteiger partial charge >= 0.3 is 6.16 Å². The van der Waals surface area contributed by atoms with Crippen LogP contribution in [0.25, 0.3) is 0 Å². The van der Waals surface area contributed by atoms with E-state index in [1.807, 2.05) is 0 Å². The van der Waals surface area contributed by atoms with Crippen LogP contribution in [0.4, 0.5) is 4.79 Å². The van der Waals surface area contributed by atoms with Crippen LogP contribution < -0.4 is 5.32 Å². The van der Waals surface area contributed by atoms with Crippen LogP contribution in [0.15, 0.2) is 18.2 Å². The smallest absolute Gasteiger partial charge is 0.450 e. The first-order chi connectivity index (χ1) is 11.4. The van der Waals surface area contributed by atoms with Crippen molar-refractivity contribution < 1.29 is 33.8 Å². The van der Waals surface area contributed by atoms with Crippen molar-refractivity contribution >= 4 is 29.8 Å². The van der Waals surface area contributed by atoms with Gasteiger partial charge in [-0.2, -0.15) is 0 Å². The van der Waals surface area contributed by atoms with Gasteiger partial charge in [0.2, 0.25) is 11.8 Å². The van der Waals surface area contributed by atoms with Crippen LogP contribution in [0.1, 0.15) is 39.1 Å². The number of carbonyl (C=O) groups excluding carboxylic acids is 4. The summed E-state index contributed by atoms with van der Waals surface area (Å²) < 4.78 is 4.46. The number of carbonyl (C=O) groups is 5. The van der Waals surface area contributed by atoms with Crippen molar-refractivity contribution in [2.75, 3.05) is 0 Å². The lowest BCUT2D eigenvalue weighted by Gasteiger charge is -2.27. The van der Waals surface area contributed by atoms with E-state index in [0.29, 0.717) is 0 Å². The Hall–Kier alpha value is -3.23. The van der Waals surface area contributed by atoms with Crippen LogP contribution in [0.5, 0.6) is 0 Å². The number of ether oxygens (including phenoxy) is 1. The molecule has 1 aromatic rings. The molecular weight excluding hydrogens is 320 g/mol. The molecule has 1 unspecified atom stereocenters. The SMILES string of the molecule is O=C1CCC(N2C(=O)c3cccc(COC(=O)O)c3C2=O)C(=O)N1. The quantitative estimate of drug-likeness (QED) is 0.600. The predicted octanol–water partition coefficient (Wildman–Crippen LogP) is 0.282. The molecule has 0 saturated carbocycles. The highest BCUT2D eigenvalue weighted by atomic mass is 16.7. The van der Waals surface area contributed by atoms with Crippen LogP contribution in [-0.2, 0) is 20.9 Å². The molecule has 2 N–H and O–H groups in total. The number of fused-ring (bicyclic) bond motifs is 1. The number of amides is 4. The minimum absolute atomic E-state index is 0.0217. The number of imide groups is 2. The highest BCUT2D eigenvalue weighted by molar-refractivity contribution is 6.24. The maximum atomic E-state index is 12.6. The predicted molar refractivity (Wildman–Crippen MR) is 75.9 cm³/mol. The van der Waals surface area contributed by atoms with Crippen molar-refractivity contribution in [3.05, 3.63) is 34.9 Å². The molecule has 0 spiro atoms. The second-order valence-electron chi connectivity index (χ2n) is 5.34. The number of hydrogen-bond donors (Lipinski definition) is 2. The first kappa shape index (κ1) is 15.7. The highest BCUT2D eigenvalue weighted by Crippen LogP contribution is 2.30. The van der Waals surface area contributed by atoms with Gasteiger partial charge in [0.05, 0.1) is 11.1 Å². The summed E-state index contributed by atoms with van der Waals surface area (Å²) >= 11 is 0. The number of carboxylic acid groups (broad SMARTS) is 1. The van der Waals surface area contributed by atoms with Crippen LogP contribution in [-0.4, -0.2) is 45.8 Å². The Morgan fingerprint density at radius 1 is 1.25 bits per heavy atom. The first-order valence-electron chi connectivity index (χ1n) is 7.09. The summed E-state index contributed by atoms with van der Waals surface area (Å²) in [7, 11) is 0. The fourth-order valence-corrected chi connectivity index (χ4v) is 2.84. The molecule has 3 rings (SSSR count). The van der Waals surface area contributed by atoms with Crippen LogP contribution in [0.3, 0.4) is 0 Å². The molecule has 2 heterocycles. The number of piperidine rings is 1. The minimum atomic E-state index is -1.51. The average molecular weight is 332 g/mol. The molecule has 1 aromatic carbocycles. The molecule has 0 radical (unpaired) electrons. The lowest BCUT2D eigenvalue weighted by atomic mass is 10.0. The van der Waals surface area contributed by atoms with E-state index in [-0.39, 0.29) is 36.1 Å². The molecule has 1 saturated heterocycles. The summed E-state index contributed by atoms with van der Waals surface area (Å²) in [5.74, 6) is -2.51. The topological polar surface area (TPSA) is 130 Å². The Labute approximate surface area is 135 Å². The first-order valence-corrected chi connectivity index (χ1v) is 7.09. The van der Waals surface area contributed by atoms with Gasteiger partial charge in [0, 0.05) is 12.0 Å². The minimum Gasteiger partial charge on any atom is -0.450 e. The van der Waals surface area contributed by atoms with E-state index >= 15 is 0 Å². The molecule has 2 aliphatic rings. The third-order valence-electron chi connectivity index (χ3n) is 3.91. The Morgan fingerprint density at radius 3 is 2.67 bits per heavy atom. The van der Waals surface area contributed by atoms with Gasteiger partial charge in [0.25, 0.3) is 11.8 Å². The Kier molecular flexibility index (Phi) is 3.76. The number of benzene rings is 1. The number of nitrogens with zero attached hydrogens (tertiary/aromatic N) is 1. The van der Waals surface area contributed by atoms with Gasteiger partial charge in [-0.1, -0.05) is 12.1 Å². The summed E-state index contributed by atoms with van der Waals surface area (Å²) in [6.07, 6.45) is -1.43. The summed E-state index contributed by atoms with van der Waals surface area (Å²) in [6, 6.07) is 3.33. The maximum absolute atomic E-state index is 12.6. The van der Waals surface area contributed by atoms with Gasteiger partial charge in [0.1, 0.15) is 12.6 Å².